The van der Waals surface area contributed by atoms with E-state index in [0.29, 0.717) is 12.2 Å². The Bertz CT molecular complexity index is 689. The zero-order valence-corrected chi connectivity index (χ0v) is 10.4. The molecule has 1 aliphatic carbocycles. The second-order valence-electron chi connectivity index (χ2n) is 5.07. The standard InChI is InChI=1S/C16H14O3/c17-13-6-5-11(12-7-8-18-16(12)13)15-9-10-3-1-2-4-14(10)19-15/h1-4,7-9,11,13,17H,5-6H2. The van der Waals surface area contributed by atoms with E-state index in [9.17, 15) is 5.11 Å². The third-order valence-electron chi connectivity index (χ3n) is 3.92. The Morgan fingerprint density at radius 3 is 2.89 bits per heavy atom. The number of benzene rings is 1. The number of hydrogen-bond donors (Lipinski definition) is 1. The van der Waals surface area contributed by atoms with Gasteiger partial charge in [0.1, 0.15) is 23.2 Å². The molecular weight excluding hydrogens is 240 g/mol. The molecule has 19 heavy (non-hydrogen) atoms. The van der Waals surface area contributed by atoms with Crippen LogP contribution in [-0.4, -0.2) is 5.11 Å². The molecule has 0 saturated carbocycles. The summed E-state index contributed by atoms with van der Waals surface area (Å²) in [4.78, 5) is 0. The molecule has 0 bridgehead atoms. The van der Waals surface area contributed by atoms with Crippen molar-refractivity contribution < 1.29 is 13.9 Å². The SMILES string of the molecule is OC1CCC(c2cc3ccccc3o2)c2ccoc21. The molecule has 2 heterocycles. The van der Waals surface area contributed by atoms with Gasteiger partial charge in [-0.1, -0.05) is 18.2 Å². The molecule has 1 aromatic carbocycles. The average Bonchev–Trinajstić information content (AvgIpc) is 3.05. The predicted octanol–water partition coefficient (Wildman–Crippen LogP) is 3.98. The van der Waals surface area contributed by atoms with Crippen molar-refractivity contribution in [2.24, 2.45) is 0 Å². The number of rotatable bonds is 1. The molecule has 1 aliphatic rings. The van der Waals surface area contributed by atoms with Gasteiger partial charge in [-0.05, 0) is 31.0 Å². The van der Waals surface area contributed by atoms with E-state index < -0.39 is 6.10 Å². The summed E-state index contributed by atoms with van der Waals surface area (Å²) in [6, 6.07) is 12.0. The van der Waals surface area contributed by atoms with Crippen LogP contribution in [0.1, 0.15) is 41.9 Å². The summed E-state index contributed by atoms with van der Waals surface area (Å²) in [5.41, 5.74) is 1.96. The fourth-order valence-electron chi connectivity index (χ4n) is 2.97. The van der Waals surface area contributed by atoms with Gasteiger partial charge in [-0.2, -0.15) is 0 Å². The molecule has 0 amide bonds. The first kappa shape index (κ1) is 10.9. The maximum absolute atomic E-state index is 9.93. The van der Waals surface area contributed by atoms with Crippen LogP contribution in [0.4, 0.5) is 0 Å². The van der Waals surface area contributed by atoms with E-state index in [1.807, 2.05) is 24.3 Å². The first-order valence-electron chi connectivity index (χ1n) is 6.57. The zero-order chi connectivity index (χ0) is 12.8. The van der Waals surface area contributed by atoms with Crippen LogP contribution >= 0.6 is 0 Å². The van der Waals surface area contributed by atoms with Crippen molar-refractivity contribution in [2.75, 3.05) is 0 Å². The second kappa shape index (κ2) is 4.00. The third kappa shape index (κ3) is 1.62. The fraction of sp³-hybridized carbons (Fsp3) is 0.250. The smallest absolute Gasteiger partial charge is 0.136 e. The summed E-state index contributed by atoms with van der Waals surface area (Å²) in [5, 5.41) is 11.0. The largest absolute Gasteiger partial charge is 0.466 e. The summed E-state index contributed by atoms with van der Waals surface area (Å²) < 4.78 is 11.3. The molecule has 2 aromatic heterocycles. The normalized spacial score (nSPS) is 22.6. The molecule has 0 radical (unpaired) electrons. The van der Waals surface area contributed by atoms with Gasteiger partial charge in [-0.25, -0.2) is 0 Å². The molecule has 3 nitrogen and oxygen atoms in total. The Morgan fingerprint density at radius 1 is 1.11 bits per heavy atom. The monoisotopic (exact) mass is 254 g/mol. The summed E-state index contributed by atoms with van der Waals surface area (Å²) in [6.07, 6.45) is 2.76. The van der Waals surface area contributed by atoms with Crippen molar-refractivity contribution in [3.8, 4) is 0 Å². The van der Waals surface area contributed by atoms with Gasteiger partial charge in [0.15, 0.2) is 0 Å². The number of furan rings is 2. The maximum atomic E-state index is 9.93. The quantitative estimate of drug-likeness (QED) is 0.714. The minimum Gasteiger partial charge on any atom is -0.466 e. The topological polar surface area (TPSA) is 46.5 Å². The van der Waals surface area contributed by atoms with Crippen LogP contribution in [0.3, 0.4) is 0 Å². The highest BCUT2D eigenvalue weighted by Gasteiger charge is 2.31. The van der Waals surface area contributed by atoms with Gasteiger partial charge >= 0.3 is 0 Å². The number of aliphatic hydroxyl groups is 1. The Morgan fingerprint density at radius 2 is 2.00 bits per heavy atom. The number of fused-ring (bicyclic) bond motifs is 2. The highest BCUT2D eigenvalue weighted by atomic mass is 16.4. The van der Waals surface area contributed by atoms with Gasteiger partial charge in [-0.3, -0.25) is 0 Å². The molecule has 96 valence electrons. The highest BCUT2D eigenvalue weighted by Crippen LogP contribution is 2.42. The van der Waals surface area contributed by atoms with Gasteiger partial charge in [0, 0.05) is 16.9 Å². The first-order chi connectivity index (χ1) is 9.33. The van der Waals surface area contributed by atoms with Crippen molar-refractivity contribution in [1.29, 1.82) is 0 Å². The van der Waals surface area contributed by atoms with E-state index in [1.54, 1.807) is 6.26 Å². The van der Waals surface area contributed by atoms with Gasteiger partial charge < -0.3 is 13.9 Å². The highest BCUT2D eigenvalue weighted by molar-refractivity contribution is 5.78. The molecule has 2 unspecified atom stereocenters. The van der Waals surface area contributed by atoms with Gasteiger partial charge in [-0.15, -0.1) is 0 Å². The molecular formula is C16H14O3. The van der Waals surface area contributed by atoms with Crippen LogP contribution in [0.5, 0.6) is 0 Å². The molecule has 0 saturated heterocycles. The van der Waals surface area contributed by atoms with Crippen LogP contribution < -0.4 is 0 Å². The van der Waals surface area contributed by atoms with Gasteiger partial charge in [0.2, 0.25) is 0 Å². The van der Waals surface area contributed by atoms with Crippen molar-refractivity contribution in [3.63, 3.8) is 0 Å². The molecule has 3 heteroatoms. The van der Waals surface area contributed by atoms with Gasteiger partial charge in [0.25, 0.3) is 0 Å². The molecule has 0 spiro atoms. The Hall–Kier alpha value is -2.00. The summed E-state index contributed by atoms with van der Waals surface area (Å²) in [7, 11) is 0. The van der Waals surface area contributed by atoms with Crippen molar-refractivity contribution in [2.45, 2.75) is 24.9 Å². The summed E-state index contributed by atoms with van der Waals surface area (Å²) in [6.45, 7) is 0. The van der Waals surface area contributed by atoms with Crippen LogP contribution in [0.2, 0.25) is 0 Å². The van der Waals surface area contributed by atoms with Crippen LogP contribution in [-0.2, 0) is 0 Å². The number of hydrogen-bond acceptors (Lipinski definition) is 3. The summed E-state index contributed by atoms with van der Waals surface area (Å²) >= 11 is 0. The Kier molecular flexibility index (Phi) is 2.29. The van der Waals surface area contributed by atoms with Crippen LogP contribution in [0.15, 0.2) is 51.5 Å². The zero-order valence-electron chi connectivity index (χ0n) is 10.4. The Balaban J connectivity index is 1.83. The second-order valence-corrected chi connectivity index (χ2v) is 5.07. The van der Waals surface area contributed by atoms with Crippen molar-refractivity contribution in [1.82, 2.24) is 0 Å². The van der Waals surface area contributed by atoms with E-state index in [4.69, 9.17) is 8.83 Å². The lowest BCUT2D eigenvalue weighted by Crippen LogP contribution is -2.12. The van der Waals surface area contributed by atoms with E-state index in [2.05, 4.69) is 12.1 Å². The fourth-order valence-corrected chi connectivity index (χ4v) is 2.97. The number of aliphatic hydroxyl groups excluding tert-OH is 1. The molecule has 3 aromatic rings. The molecule has 0 aliphatic heterocycles. The molecule has 1 N–H and O–H groups in total. The maximum Gasteiger partial charge on any atom is 0.136 e. The lowest BCUT2D eigenvalue weighted by molar-refractivity contribution is 0.124. The van der Waals surface area contributed by atoms with Gasteiger partial charge in [0.05, 0.1) is 6.26 Å². The lowest BCUT2D eigenvalue weighted by atomic mass is 9.84. The molecule has 4 rings (SSSR count). The minimum absolute atomic E-state index is 0.185. The van der Waals surface area contributed by atoms with Crippen LogP contribution in [0, 0.1) is 0 Å². The molecule has 2 atom stereocenters. The minimum atomic E-state index is -0.481. The lowest BCUT2D eigenvalue weighted by Gasteiger charge is -2.23. The number of para-hydroxylation sites is 1. The Labute approximate surface area is 110 Å². The average molecular weight is 254 g/mol. The summed E-state index contributed by atoms with van der Waals surface area (Å²) in [5.74, 6) is 1.83. The predicted molar refractivity (Wildman–Crippen MR) is 71.0 cm³/mol. The van der Waals surface area contributed by atoms with E-state index in [1.165, 1.54) is 0 Å². The van der Waals surface area contributed by atoms with Crippen LogP contribution in [0.25, 0.3) is 11.0 Å². The third-order valence-corrected chi connectivity index (χ3v) is 3.92. The van der Waals surface area contributed by atoms with E-state index >= 15 is 0 Å². The molecule has 0 fully saturated rings. The van der Waals surface area contributed by atoms with Crippen molar-refractivity contribution >= 4 is 11.0 Å². The van der Waals surface area contributed by atoms with E-state index in [0.717, 1.165) is 28.7 Å². The van der Waals surface area contributed by atoms with Crippen molar-refractivity contribution in [3.05, 3.63) is 59.7 Å². The first-order valence-corrected chi connectivity index (χ1v) is 6.57. The van der Waals surface area contributed by atoms with E-state index in [-0.39, 0.29) is 5.92 Å².